The van der Waals surface area contributed by atoms with Crippen LogP contribution in [0.3, 0.4) is 0 Å². The number of anilines is 3. The average molecular weight is 399 g/mol. The standard InChI is InChI=1S/C16H13N7O2S2/c24-27(25,23-14-9-17-12-3-1-2-4-13(12)19-14)11-7-5-10(6-8-11)18-15-20-16(26)22-21-15/h1-9H,(H,19,23)(H3,18,20,21,22,26). The highest BCUT2D eigenvalue weighted by molar-refractivity contribution is 7.92. The lowest BCUT2D eigenvalue weighted by Gasteiger charge is -2.09. The zero-order valence-corrected chi connectivity index (χ0v) is 15.3. The van der Waals surface area contributed by atoms with Crippen molar-refractivity contribution < 1.29 is 8.42 Å². The third-order valence-corrected chi connectivity index (χ3v) is 5.18. The molecule has 2 heterocycles. The molecule has 0 saturated carbocycles. The Hall–Kier alpha value is -3.31. The maximum atomic E-state index is 12.6. The van der Waals surface area contributed by atoms with E-state index in [9.17, 15) is 8.42 Å². The van der Waals surface area contributed by atoms with Gasteiger partial charge in [0.1, 0.15) is 0 Å². The minimum absolute atomic E-state index is 0.0953. The second-order valence-corrected chi connectivity index (χ2v) is 7.58. The van der Waals surface area contributed by atoms with Crippen LogP contribution in [0, 0.1) is 4.77 Å². The van der Waals surface area contributed by atoms with Crippen molar-refractivity contribution in [2.24, 2.45) is 0 Å². The van der Waals surface area contributed by atoms with Gasteiger partial charge in [-0.25, -0.2) is 13.4 Å². The number of H-pyrrole nitrogens is 2. The predicted molar refractivity (Wildman–Crippen MR) is 104 cm³/mol. The second-order valence-electron chi connectivity index (χ2n) is 5.51. The summed E-state index contributed by atoms with van der Waals surface area (Å²) in [6, 6.07) is 13.4. The summed E-state index contributed by atoms with van der Waals surface area (Å²) >= 11 is 4.87. The monoisotopic (exact) mass is 399 g/mol. The van der Waals surface area contributed by atoms with E-state index in [4.69, 9.17) is 12.2 Å². The topological polar surface area (TPSA) is 128 Å². The van der Waals surface area contributed by atoms with E-state index >= 15 is 0 Å². The van der Waals surface area contributed by atoms with Crippen LogP contribution in [-0.4, -0.2) is 33.6 Å². The first kappa shape index (κ1) is 17.1. The molecule has 136 valence electrons. The van der Waals surface area contributed by atoms with E-state index in [-0.39, 0.29) is 10.7 Å². The van der Waals surface area contributed by atoms with Crippen LogP contribution in [0.5, 0.6) is 0 Å². The summed E-state index contributed by atoms with van der Waals surface area (Å²) in [6.07, 6.45) is 1.38. The molecule has 0 bridgehead atoms. The van der Waals surface area contributed by atoms with E-state index in [1.54, 1.807) is 24.3 Å². The number of para-hydroxylation sites is 2. The molecule has 4 N–H and O–H groups in total. The lowest BCUT2D eigenvalue weighted by molar-refractivity contribution is 0.601. The van der Waals surface area contributed by atoms with Crippen LogP contribution in [0.15, 0.2) is 59.6 Å². The van der Waals surface area contributed by atoms with Crippen molar-refractivity contribution in [2.45, 2.75) is 4.90 Å². The molecule has 0 aliphatic rings. The zero-order chi connectivity index (χ0) is 18.9. The van der Waals surface area contributed by atoms with Crippen molar-refractivity contribution in [2.75, 3.05) is 10.0 Å². The van der Waals surface area contributed by atoms with Gasteiger partial charge in [0.05, 0.1) is 22.1 Å². The fraction of sp³-hybridized carbons (Fsp3) is 0. The first-order valence-corrected chi connectivity index (χ1v) is 9.65. The number of aromatic nitrogens is 5. The van der Waals surface area contributed by atoms with Gasteiger partial charge in [0, 0.05) is 5.69 Å². The van der Waals surface area contributed by atoms with Gasteiger partial charge in [0.15, 0.2) is 5.82 Å². The van der Waals surface area contributed by atoms with Gasteiger partial charge in [-0.3, -0.25) is 19.9 Å². The lowest BCUT2D eigenvalue weighted by atomic mass is 10.3. The molecular weight excluding hydrogens is 386 g/mol. The fourth-order valence-electron chi connectivity index (χ4n) is 2.39. The van der Waals surface area contributed by atoms with Crippen LogP contribution in [0.2, 0.25) is 0 Å². The van der Waals surface area contributed by atoms with Crippen molar-refractivity contribution >= 4 is 50.7 Å². The Labute approximate surface area is 159 Å². The molecule has 9 nitrogen and oxygen atoms in total. The normalized spacial score (nSPS) is 11.4. The Balaban J connectivity index is 1.54. The molecule has 27 heavy (non-hydrogen) atoms. The minimum atomic E-state index is -3.79. The summed E-state index contributed by atoms with van der Waals surface area (Å²) in [7, 11) is -3.79. The minimum Gasteiger partial charge on any atom is -0.325 e. The van der Waals surface area contributed by atoms with Crippen molar-refractivity contribution in [1.29, 1.82) is 0 Å². The molecule has 0 saturated heterocycles. The SMILES string of the molecule is O=S(=O)(Nc1cnc2ccccc2n1)c1ccc(Nc2nc(=S)[nH][nH]2)cc1. The van der Waals surface area contributed by atoms with Crippen LogP contribution in [0.4, 0.5) is 17.5 Å². The van der Waals surface area contributed by atoms with E-state index in [2.05, 4.69) is 35.2 Å². The highest BCUT2D eigenvalue weighted by Crippen LogP contribution is 2.19. The molecule has 11 heteroatoms. The quantitative estimate of drug-likeness (QED) is 0.380. The van der Waals surface area contributed by atoms with E-state index in [1.807, 2.05) is 12.1 Å². The number of sulfonamides is 1. The zero-order valence-electron chi connectivity index (χ0n) is 13.7. The number of fused-ring (bicyclic) bond motifs is 1. The maximum absolute atomic E-state index is 12.6. The van der Waals surface area contributed by atoms with Crippen LogP contribution in [-0.2, 0) is 10.0 Å². The molecule has 0 spiro atoms. The molecule has 0 amide bonds. The molecule has 0 unspecified atom stereocenters. The van der Waals surface area contributed by atoms with Crippen molar-refractivity contribution in [3.8, 4) is 0 Å². The number of nitrogens with one attached hydrogen (secondary N) is 4. The predicted octanol–water partition coefficient (Wildman–Crippen LogP) is 2.95. The Morgan fingerprint density at radius 2 is 1.67 bits per heavy atom. The molecule has 4 rings (SSSR count). The Kier molecular flexibility index (Phi) is 4.30. The van der Waals surface area contributed by atoms with Crippen LogP contribution in [0.1, 0.15) is 0 Å². The molecular formula is C16H13N7O2S2. The van der Waals surface area contributed by atoms with Gasteiger partial charge in [0.25, 0.3) is 10.0 Å². The summed E-state index contributed by atoms with van der Waals surface area (Å²) in [6.45, 7) is 0. The summed E-state index contributed by atoms with van der Waals surface area (Å²) in [4.78, 5) is 12.6. The summed E-state index contributed by atoms with van der Waals surface area (Å²) in [5.74, 6) is 0.583. The van der Waals surface area contributed by atoms with Gasteiger partial charge in [-0.15, -0.1) is 0 Å². The molecule has 0 radical (unpaired) electrons. The highest BCUT2D eigenvalue weighted by Gasteiger charge is 2.15. The van der Waals surface area contributed by atoms with Gasteiger partial charge in [0.2, 0.25) is 10.7 Å². The van der Waals surface area contributed by atoms with Crippen molar-refractivity contribution in [3.63, 3.8) is 0 Å². The third-order valence-electron chi connectivity index (χ3n) is 3.62. The number of hydrogen-bond donors (Lipinski definition) is 4. The van der Waals surface area contributed by atoms with E-state index < -0.39 is 10.0 Å². The average Bonchev–Trinajstić information content (AvgIpc) is 3.06. The Morgan fingerprint density at radius 3 is 2.37 bits per heavy atom. The molecule has 0 atom stereocenters. The Morgan fingerprint density at radius 1 is 0.926 bits per heavy atom. The van der Waals surface area contributed by atoms with Gasteiger partial charge in [-0.2, -0.15) is 4.98 Å². The number of nitrogens with zero attached hydrogens (tertiary/aromatic N) is 3. The van der Waals surface area contributed by atoms with E-state index in [0.29, 0.717) is 27.4 Å². The van der Waals surface area contributed by atoms with Crippen LogP contribution < -0.4 is 10.0 Å². The van der Waals surface area contributed by atoms with Gasteiger partial charge >= 0.3 is 0 Å². The van der Waals surface area contributed by atoms with E-state index in [0.717, 1.165) is 0 Å². The highest BCUT2D eigenvalue weighted by atomic mass is 32.2. The maximum Gasteiger partial charge on any atom is 0.263 e. The molecule has 4 aromatic rings. The van der Waals surface area contributed by atoms with Crippen LogP contribution in [0.25, 0.3) is 11.0 Å². The van der Waals surface area contributed by atoms with E-state index in [1.165, 1.54) is 18.3 Å². The Bertz CT molecular complexity index is 1260. The van der Waals surface area contributed by atoms with Crippen LogP contribution >= 0.6 is 12.2 Å². The summed E-state index contributed by atoms with van der Waals surface area (Å²) in [5, 5.41) is 8.38. The molecule has 0 aliphatic carbocycles. The third kappa shape index (κ3) is 3.78. The number of hydrogen-bond acceptors (Lipinski definition) is 7. The largest absolute Gasteiger partial charge is 0.325 e. The lowest BCUT2D eigenvalue weighted by Crippen LogP contribution is -2.14. The molecule has 0 aliphatic heterocycles. The first-order chi connectivity index (χ1) is 13.0. The van der Waals surface area contributed by atoms with Gasteiger partial charge in [-0.1, -0.05) is 12.1 Å². The second kappa shape index (κ2) is 6.78. The summed E-state index contributed by atoms with van der Waals surface area (Å²) in [5.41, 5.74) is 1.94. The number of rotatable bonds is 5. The van der Waals surface area contributed by atoms with Gasteiger partial charge < -0.3 is 5.32 Å². The number of aromatic amines is 2. The molecule has 2 aromatic carbocycles. The fourth-order valence-corrected chi connectivity index (χ4v) is 3.51. The van der Waals surface area contributed by atoms with Crippen molar-refractivity contribution in [3.05, 3.63) is 59.5 Å². The number of benzene rings is 2. The van der Waals surface area contributed by atoms with Gasteiger partial charge in [-0.05, 0) is 48.6 Å². The van der Waals surface area contributed by atoms with Crippen molar-refractivity contribution in [1.82, 2.24) is 25.1 Å². The smallest absolute Gasteiger partial charge is 0.263 e. The first-order valence-electron chi connectivity index (χ1n) is 7.76. The summed E-state index contributed by atoms with van der Waals surface area (Å²) < 4.78 is 27.9. The molecule has 2 aromatic heterocycles. The molecule has 0 fully saturated rings.